The molecule has 1 heterocycles. The lowest BCUT2D eigenvalue weighted by molar-refractivity contribution is 0.0955. The van der Waals surface area contributed by atoms with Crippen LogP contribution in [0.25, 0.3) is 10.8 Å². The molecule has 0 spiro atoms. The Kier molecular flexibility index (Phi) is 9.29. The monoisotopic (exact) mass is 556 g/mol. The Morgan fingerprint density at radius 2 is 1.75 bits per heavy atom. The molecule has 40 heavy (non-hydrogen) atoms. The van der Waals surface area contributed by atoms with E-state index in [4.69, 9.17) is 16.3 Å². The summed E-state index contributed by atoms with van der Waals surface area (Å²) in [5.74, 6) is 0.318. The molecule has 3 N–H and O–H groups in total. The van der Waals surface area contributed by atoms with E-state index in [-0.39, 0.29) is 10.8 Å². The van der Waals surface area contributed by atoms with Crippen LogP contribution in [0.3, 0.4) is 0 Å². The van der Waals surface area contributed by atoms with Crippen molar-refractivity contribution in [2.45, 2.75) is 25.4 Å². The maximum absolute atomic E-state index is 12.4. The smallest absolute Gasteiger partial charge is 0.271 e. The number of hydrogen-bond donors (Lipinski definition) is 3. The maximum atomic E-state index is 12.4. The molecule has 206 valence electrons. The number of piperidine rings is 1. The van der Waals surface area contributed by atoms with Crippen LogP contribution in [0, 0.1) is 0 Å². The molecule has 0 radical (unpaired) electrons. The molecule has 1 saturated heterocycles. The number of carbonyl (C=O) groups excluding carboxylic acids is 1. The number of phenols is 1. The highest BCUT2D eigenvalue weighted by molar-refractivity contribution is 6.32. The van der Waals surface area contributed by atoms with Gasteiger partial charge in [-0.3, -0.25) is 9.69 Å². The van der Waals surface area contributed by atoms with Gasteiger partial charge in [0.15, 0.2) is 0 Å². The number of phenolic OH excluding ortho intramolecular Hbond substituents is 1. The summed E-state index contributed by atoms with van der Waals surface area (Å²) < 4.78 is 6.17. The number of ether oxygens (including phenoxy) is 1. The number of hydrogen-bond acceptors (Lipinski definition) is 6. The minimum atomic E-state index is -0.420. The highest BCUT2D eigenvalue weighted by Crippen LogP contribution is 2.28. The molecule has 5 rings (SSSR count). The van der Waals surface area contributed by atoms with E-state index in [2.05, 4.69) is 51.1 Å². The first kappa shape index (κ1) is 27.6. The highest BCUT2D eigenvalue weighted by atomic mass is 35.5. The predicted molar refractivity (Wildman–Crippen MR) is 160 cm³/mol. The minimum Gasteiger partial charge on any atom is -0.506 e. The largest absolute Gasteiger partial charge is 0.506 e. The Labute approximate surface area is 239 Å². The first-order chi connectivity index (χ1) is 19.6. The van der Waals surface area contributed by atoms with Crippen molar-refractivity contribution in [1.82, 2.24) is 15.6 Å². The van der Waals surface area contributed by atoms with Gasteiger partial charge in [-0.25, -0.2) is 5.43 Å². The molecule has 0 atom stereocenters. The first-order valence-corrected chi connectivity index (χ1v) is 13.9. The van der Waals surface area contributed by atoms with Gasteiger partial charge in [-0.05, 0) is 67.2 Å². The fraction of sp³-hybridized carbons (Fsp3) is 0.250. The second-order valence-electron chi connectivity index (χ2n) is 9.90. The molecular formula is C32H33ClN4O3. The third kappa shape index (κ3) is 7.18. The van der Waals surface area contributed by atoms with Gasteiger partial charge in [-0.1, -0.05) is 66.2 Å². The fourth-order valence-electron chi connectivity index (χ4n) is 4.97. The summed E-state index contributed by atoms with van der Waals surface area (Å²) in [5.41, 5.74) is 5.04. The van der Waals surface area contributed by atoms with Crippen LogP contribution in [0.4, 0.5) is 0 Å². The molecule has 8 heteroatoms. The average molecular weight is 557 g/mol. The van der Waals surface area contributed by atoms with E-state index in [0.29, 0.717) is 18.2 Å². The van der Waals surface area contributed by atoms with Gasteiger partial charge in [-0.15, -0.1) is 0 Å². The number of amides is 1. The van der Waals surface area contributed by atoms with Crippen molar-refractivity contribution in [3.8, 4) is 11.5 Å². The van der Waals surface area contributed by atoms with Crippen LogP contribution in [-0.2, 0) is 6.54 Å². The molecule has 0 unspecified atom stereocenters. The molecule has 4 aromatic rings. The predicted octanol–water partition coefficient (Wildman–Crippen LogP) is 5.60. The molecule has 0 aromatic heterocycles. The second kappa shape index (κ2) is 13.4. The number of nitrogens with one attached hydrogen (secondary N) is 2. The number of fused-ring (bicyclic) bond motifs is 1. The number of hydrazone groups is 1. The van der Waals surface area contributed by atoms with E-state index in [1.807, 2.05) is 36.4 Å². The Morgan fingerprint density at radius 1 is 1.00 bits per heavy atom. The molecule has 0 aliphatic carbocycles. The van der Waals surface area contributed by atoms with Crippen molar-refractivity contribution in [2.24, 2.45) is 5.10 Å². The van der Waals surface area contributed by atoms with Gasteiger partial charge >= 0.3 is 0 Å². The first-order valence-electron chi connectivity index (χ1n) is 13.5. The average Bonchev–Trinajstić information content (AvgIpc) is 2.98. The fourth-order valence-corrected chi connectivity index (χ4v) is 5.15. The van der Waals surface area contributed by atoms with Crippen LogP contribution < -0.4 is 15.5 Å². The van der Waals surface area contributed by atoms with Crippen LogP contribution >= 0.6 is 11.6 Å². The van der Waals surface area contributed by atoms with E-state index >= 15 is 0 Å². The van der Waals surface area contributed by atoms with E-state index < -0.39 is 5.91 Å². The Morgan fingerprint density at radius 3 is 2.52 bits per heavy atom. The number of benzene rings is 4. The van der Waals surface area contributed by atoms with E-state index in [1.165, 1.54) is 23.8 Å². The van der Waals surface area contributed by atoms with Crippen molar-refractivity contribution in [2.75, 3.05) is 26.2 Å². The van der Waals surface area contributed by atoms with Crippen LogP contribution in [0.2, 0.25) is 5.02 Å². The summed E-state index contributed by atoms with van der Waals surface area (Å²) in [5, 5.41) is 19.4. The van der Waals surface area contributed by atoms with Gasteiger partial charge in [0.1, 0.15) is 18.1 Å². The molecule has 7 nitrogen and oxygen atoms in total. The summed E-state index contributed by atoms with van der Waals surface area (Å²) in [6.45, 7) is 4.58. The zero-order valence-electron chi connectivity index (χ0n) is 22.2. The maximum Gasteiger partial charge on any atom is 0.271 e. The van der Waals surface area contributed by atoms with E-state index in [1.54, 1.807) is 6.21 Å². The summed E-state index contributed by atoms with van der Waals surface area (Å²) in [6.07, 6.45) is 3.89. The lowest BCUT2D eigenvalue weighted by Crippen LogP contribution is -2.43. The molecule has 1 aliphatic rings. The zero-order chi connectivity index (χ0) is 27.7. The van der Waals surface area contributed by atoms with Crippen molar-refractivity contribution >= 4 is 34.5 Å². The molecule has 1 fully saturated rings. The number of aromatic hydroxyl groups is 1. The molecule has 0 bridgehead atoms. The lowest BCUT2D eigenvalue weighted by atomic mass is 10.0. The summed E-state index contributed by atoms with van der Waals surface area (Å²) in [7, 11) is 0. The van der Waals surface area contributed by atoms with Crippen LogP contribution in [0.15, 0.2) is 90.0 Å². The number of carbonyl (C=O) groups is 1. The Hall–Kier alpha value is -3.91. The Balaban J connectivity index is 1.11. The highest BCUT2D eigenvalue weighted by Gasteiger charge is 2.18. The van der Waals surface area contributed by atoms with Crippen LogP contribution in [-0.4, -0.2) is 54.4 Å². The SMILES string of the molecule is O=C(NN=Cc1ccc(OCCNC2CCN(Cc3ccccc3)CC2)c2ccccc12)c1ccc(O)c(Cl)c1. The zero-order valence-corrected chi connectivity index (χ0v) is 23.0. The molecule has 1 aliphatic heterocycles. The van der Waals surface area contributed by atoms with Gasteiger partial charge in [0.2, 0.25) is 0 Å². The molecular weight excluding hydrogens is 524 g/mol. The van der Waals surface area contributed by atoms with Gasteiger partial charge in [0, 0.05) is 35.6 Å². The minimum absolute atomic E-state index is 0.0777. The third-order valence-electron chi connectivity index (χ3n) is 7.13. The van der Waals surface area contributed by atoms with Crippen LogP contribution in [0.5, 0.6) is 11.5 Å². The van der Waals surface area contributed by atoms with E-state index in [9.17, 15) is 9.90 Å². The molecule has 0 saturated carbocycles. The summed E-state index contributed by atoms with van der Waals surface area (Å²) in [6, 6.07) is 27.3. The third-order valence-corrected chi connectivity index (χ3v) is 7.43. The second-order valence-corrected chi connectivity index (χ2v) is 10.3. The van der Waals surface area contributed by atoms with Crippen molar-refractivity contribution in [3.05, 3.63) is 107 Å². The van der Waals surface area contributed by atoms with Crippen molar-refractivity contribution < 1.29 is 14.6 Å². The van der Waals surface area contributed by atoms with Gasteiger partial charge < -0.3 is 15.2 Å². The number of nitrogens with zero attached hydrogens (tertiary/aromatic N) is 2. The standard InChI is InChI=1S/C32H33ClN4O3/c33-29-20-24(10-12-30(29)38)32(39)36-35-21-25-11-13-31(28-9-5-4-8-27(25)28)40-19-16-34-26-14-17-37(18-15-26)22-23-6-2-1-3-7-23/h1-13,20-21,26,34,38H,14-19,22H2,(H,36,39). The number of halogens is 1. The topological polar surface area (TPSA) is 86.2 Å². The van der Waals surface area contributed by atoms with Crippen molar-refractivity contribution in [1.29, 1.82) is 0 Å². The summed E-state index contributed by atoms with van der Waals surface area (Å²) in [4.78, 5) is 14.9. The number of rotatable bonds is 10. The number of likely N-dealkylation sites (tertiary alicyclic amines) is 1. The molecule has 1 amide bonds. The van der Waals surface area contributed by atoms with Gasteiger partial charge in [-0.2, -0.15) is 5.10 Å². The van der Waals surface area contributed by atoms with Gasteiger partial charge in [0.05, 0.1) is 11.2 Å². The quantitative estimate of drug-likeness (QED) is 0.135. The Bertz CT molecular complexity index is 1470. The van der Waals surface area contributed by atoms with E-state index in [0.717, 1.165) is 61.1 Å². The van der Waals surface area contributed by atoms with Crippen LogP contribution in [0.1, 0.15) is 34.3 Å². The molecule has 4 aromatic carbocycles. The van der Waals surface area contributed by atoms with Gasteiger partial charge in [0.25, 0.3) is 5.91 Å². The summed E-state index contributed by atoms with van der Waals surface area (Å²) >= 11 is 5.90. The van der Waals surface area contributed by atoms with Crippen molar-refractivity contribution in [3.63, 3.8) is 0 Å². The normalized spacial score (nSPS) is 14.5. The lowest BCUT2D eigenvalue weighted by Gasteiger charge is -2.32.